The van der Waals surface area contributed by atoms with Gasteiger partial charge in [-0.3, -0.25) is 9.80 Å². The summed E-state index contributed by atoms with van der Waals surface area (Å²) in [6.07, 6.45) is -4.77. The number of carbonyl (C=O) groups is 1. The highest BCUT2D eigenvalue weighted by Crippen LogP contribution is 2.33. The topological polar surface area (TPSA) is 66.9 Å². The van der Waals surface area contributed by atoms with Gasteiger partial charge in [-0.1, -0.05) is 11.3 Å². The molecule has 0 unspecified atom stereocenters. The Kier molecular flexibility index (Phi) is 8.37. The van der Waals surface area contributed by atoms with Gasteiger partial charge < -0.3 is 14.8 Å². The highest BCUT2D eigenvalue weighted by Gasteiger charge is 2.31. The van der Waals surface area contributed by atoms with E-state index < -0.39 is 11.9 Å². The summed E-state index contributed by atoms with van der Waals surface area (Å²) in [4.78, 5) is 21.1. The lowest BCUT2D eigenvalue weighted by molar-refractivity contribution is -0.274. The Morgan fingerprint density at radius 1 is 1.29 bits per heavy atom. The minimum atomic E-state index is -4.77. The van der Waals surface area contributed by atoms with Crippen LogP contribution in [0.5, 0.6) is 5.75 Å². The second kappa shape index (κ2) is 10.2. The third kappa shape index (κ3) is 7.67. The van der Waals surface area contributed by atoms with Crippen LogP contribution < -0.4 is 15.0 Å². The van der Waals surface area contributed by atoms with Crippen molar-refractivity contribution in [3.05, 3.63) is 18.2 Å². The van der Waals surface area contributed by atoms with Crippen molar-refractivity contribution >= 4 is 45.1 Å². The molecule has 1 fully saturated rings. The molecule has 1 aliphatic heterocycles. The zero-order valence-corrected chi connectivity index (χ0v) is 19.1. The normalized spacial score (nSPS) is 15.4. The molecule has 31 heavy (non-hydrogen) atoms. The van der Waals surface area contributed by atoms with Gasteiger partial charge in [-0.2, -0.15) is 0 Å². The number of thiazole rings is 1. The Hall–Kier alpha value is -1.82. The molecule has 0 atom stereocenters. The van der Waals surface area contributed by atoms with E-state index in [1.54, 1.807) is 0 Å². The van der Waals surface area contributed by atoms with Gasteiger partial charge in [0, 0.05) is 37.8 Å². The number of rotatable bonds is 5. The fourth-order valence-corrected chi connectivity index (χ4v) is 3.96. The summed E-state index contributed by atoms with van der Waals surface area (Å²) in [6, 6.07) is 3.65. The van der Waals surface area contributed by atoms with Gasteiger partial charge in [0.15, 0.2) is 5.13 Å². The molecule has 2 amide bonds. The van der Waals surface area contributed by atoms with Gasteiger partial charge in [-0.15, -0.1) is 25.6 Å². The molecule has 7 nitrogen and oxygen atoms in total. The number of morpholine rings is 1. The van der Waals surface area contributed by atoms with Crippen molar-refractivity contribution in [1.82, 2.24) is 15.2 Å². The van der Waals surface area contributed by atoms with Crippen LogP contribution in [-0.2, 0) is 4.74 Å². The molecule has 1 aliphatic rings. The first kappa shape index (κ1) is 25.4. The van der Waals surface area contributed by atoms with Gasteiger partial charge in [0.2, 0.25) is 0 Å². The Balaban J connectivity index is 0.00000341. The first-order valence-corrected chi connectivity index (χ1v) is 10.4. The van der Waals surface area contributed by atoms with Gasteiger partial charge in [0.1, 0.15) is 5.75 Å². The summed E-state index contributed by atoms with van der Waals surface area (Å²) >= 11 is 1.15. The van der Waals surface area contributed by atoms with E-state index in [-0.39, 0.29) is 24.2 Å². The number of amides is 2. The van der Waals surface area contributed by atoms with Crippen LogP contribution in [0.3, 0.4) is 0 Å². The van der Waals surface area contributed by atoms with E-state index in [9.17, 15) is 18.0 Å². The van der Waals surface area contributed by atoms with Crippen molar-refractivity contribution in [2.24, 2.45) is 0 Å². The maximum atomic E-state index is 12.9. The molecular weight excluding hydrogens is 457 g/mol. The van der Waals surface area contributed by atoms with Crippen LogP contribution in [0.1, 0.15) is 20.8 Å². The third-order valence-corrected chi connectivity index (χ3v) is 5.32. The number of nitrogens with zero attached hydrogens (tertiary/aromatic N) is 3. The highest BCUT2D eigenvalue weighted by atomic mass is 35.5. The molecule has 174 valence electrons. The van der Waals surface area contributed by atoms with Crippen LogP contribution in [-0.4, -0.2) is 67.2 Å². The number of fused-ring (bicyclic) bond motifs is 1. The Morgan fingerprint density at radius 2 is 1.97 bits per heavy atom. The molecule has 2 aromatic rings. The van der Waals surface area contributed by atoms with Crippen LogP contribution in [0.25, 0.3) is 10.2 Å². The number of nitrogens with one attached hydrogen (secondary N) is 1. The maximum absolute atomic E-state index is 12.9. The van der Waals surface area contributed by atoms with Crippen molar-refractivity contribution in [2.45, 2.75) is 32.7 Å². The summed E-state index contributed by atoms with van der Waals surface area (Å²) in [6.45, 7) is 9.54. The monoisotopic (exact) mass is 482 g/mol. The summed E-state index contributed by atoms with van der Waals surface area (Å²) in [5.74, 6) is -0.316. The molecule has 0 aliphatic carbocycles. The van der Waals surface area contributed by atoms with Crippen molar-refractivity contribution in [3.8, 4) is 5.75 Å². The zero-order chi connectivity index (χ0) is 21.9. The number of anilines is 1. The summed E-state index contributed by atoms with van der Waals surface area (Å²) in [7, 11) is 0. The number of hydrogen-bond donors (Lipinski definition) is 1. The lowest BCUT2D eigenvalue weighted by Crippen LogP contribution is -2.51. The van der Waals surface area contributed by atoms with Crippen LogP contribution >= 0.6 is 23.7 Å². The third-order valence-electron chi connectivity index (χ3n) is 4.28. The maximum Gasteiger partial charge on any atom is 0.573 e. The second-order valence-corrected chi connectivity index (χ2v) is 8.97. The number of carbonyl (C=O) groups excluding carboxylic acids is 1. The lowest BCUT2D eigenvalue weighted by Gasteiger charge is -2.31. The van der Waals surface area contributed by atoms with E-state index >= 15 is 0 Å². The number of halogens is 4. The standard InChI is InChI=1S/C19H25F3N4O3S.ClH/c1-18(2,3)24-16(27)26(7-6-25-8-10-28-11-9-25)17-23-14-5-4-13(12-15(14)30-17)29-19(20,21)22;/h4-5,12H,6-11H2,1-3H3,(H,24,27);1H. The summed E-state index contributed by atoms with van der Waals surface area (Å²) < 4.78 is 47.4. The number of benzene rings is 1. The molecule has 1 saturated heterocycles. The zero-order valence-electron chi connectivity index (χ0n) is 17.5. The van der Waals surface area contributed by atoms with Crippen molar-refractivity contribution in [2.75, 3.05) is 44.3 Å². The first-order chi connectivity index (χ1) is 14.0. The predicted octanol–water partition coefficient (Wildman–Crippen LogP) is 4.26. The van der Waals surface area contributed by atoms with Crippen LogP contribution in [0.2, 0.25) is 0 Å². The first-order valence-electron chi connectivity index (χ1n) is 9.56. The Morgan fingerprint density at radius 3 is 2.58 bits per heavy atom. The average molecular weight is 483 g/mol. The molecule has 1 aromatic carbocycles. The SMILES string of the molecule is CC(C)(C)NC(=O)N(CCN1CCOCC1)c1nc2ccc(OC(F)(F)F)cc2s1.Cl. The predicted molar refractivity (Wildman–Crippen MR) is 116 cm³/mol. The Labute approximate surface area is 188 Å². The molecule has 12 heteroatoms. The van der Waals surface area contributed by atoms with Crippen LogP contribution in [0, 0.1) is 0 Å². The number of ether oxygens (including phenoxy) is 2. The van der Waals surface area contributed by atoms with E-state index in [0.717, 1.165) is 24.4 Å². The van der Waals surface area contributed by atoms with Gasteiger partial charge >= 0.3 is 12.4 Å². The van der Waals surface area contributed by atoms with E-state index in [1.807, 2.05) is 20.8 Å². The van der Waals surface area contributed by atoms with Crippen molar-refractivity contribution in [3.63, 3.8) is 0 Å². The molecule has 0 radical (unpaired) electrons. The average Bonchev–Trinajstić information content (AvgIpc) is 3.02. The molecule has 0 saturated carbocycles. The van der Waals surface area contributed by atoms with E-state index in [1.165, 1.54) is 23.1 Å². The lowest BCUT2D eigenvalue weighted by atomic mass is 10.1. The fraction of sp³-hybridized carbons (Fsp3) is 0.579. The van der Waals surface area contributed by atoms with Crippen molar-refractivity contribution < 1.29 is 27.4 Å². The quantitative estimate of drug-likeness (QED) is 0.689. The Bertz CT molecular complexity index is 882. The summed E-state index contributed by atoms with van der Waals surface area (Å²) in [5.41, 5.74) is 0.0584. The smallest absolute Gasteiger partial charge is 0.406 e. The van der Waals surface area contributed by atoms with Crippen molar-refractivity contribution in [1.29, 1.82) is 0 Å². The second-order valence-electron chi connectivity index (χ2n) is 7.96. The molecule has 3 rings (SSSR count). The van der Waals surface area contributed by atoms with Gasteiger partial charge in [-0.05, 0) is 32.9 Å². The number of hydrogen-bond acceptors (Lipinski definition) is 6. The van der Waals surface area contributed by atoms with E-state index in [4.69, 9.17) is 4.74 Å². The molecule has 1 N–H and O–H groups in total. The van der Waals surface area contributed by atoms with E-state index in [0.29, 0.717) is 41.7 Å². The molecular formula is C19H26ClF3N4O3S. The van der Waals surface area contributed by atoms with Gasteiger partial charge in [-0.25, -0.2) is 9.78 Å². The molecule has 2 heterocycles. The van der Waals surface area contributed by atoms with Crippen LogP contribution in [0.15, 0.2) is 18.2 Å². The highest BCUT2D eigenvalue weighted by molar-refractivity contribution is 7.22. The fourth-order valence-electron chi connectivity index (χ4n) is 2.94. The van der Waals surface area contributed by atoms with Gasteiger partial charge in [0.05, 0.1) is 23.4 Å². The number of aromatic nitrogens is 1. The molecule has 0 bridgehead atoms. The molecule has 0 spiro atoms. The minimum absolute atomic E-state index is 0. The summed E-state index contributed by atoms with van der Waals surface area (Å²) in [5, 5.41) is 3.35. The van der Waals surface area contributed by atoms with E-state index in [2.05, 4.69) is 19.9 Å². The number of urea groups is 1. The molecule has 1 aromatic heterocycles. The largest absolute Gasteiger partial charge is 0.573 e. The number of alkyl halides is 3. The minimum Gasteiger partial charge on any atom is -0.406 e. The van der Waals surface area contributed by atoms with Crippen LogP contribution in [0.4, 0.5) is 23.1 Å². The van der Waals surface area contributed by atoms with Gasteiger partial charge in [0.25, 0.3) is 0 Å².